The molecular formula is C21H24ClNO3. The van der Waals surface area contributed by atoms with Crippen LogP contribution in [0.5, 0.6) is 11.5 Å². The van der Waals surface area contributed by atoms with Crippen LogP contribution in [-0.4, -0.2) is 31.6 Å². The third-order valence-corrected chi connectivity index (χ3v) is 5.55. The van der Waals surface area contributed by atoms with Crippen LogP contribution in [0.1, 0.15) is 30.5 Å². The molecule has 2 aromatic rings. The van der Waals surface area contributed by atoms with Gasteiger partial charge in [0.1, 0.15) is 0 Å². The molecule has 1 aliphatic rings. The van der Waals surface area contributed by atoms with Gasteiger partial charge in [0.15, 0.2) is 11.5 Å². The molecule has 2 atom stereocenters. The van der Waals surface area contributed by atoms with Crippen LogP contribution in [0.15, 0.2) is 42.5 Å². The first-order valence-electron chi connectivity index (χ1n) is 8.81. The Morgan fingerprint density at radius 3 is 2.54 bits per heavy atom. The van der Waals surface area contributed by atoms with Crippen LogP contribution >= 0.6 is 11.6 Å². The van der Waals surface area contributed by atoms with Gasteiger partial charge in [-0.2, -0.15) is 0 Å². The Morgan fingerprint density at radius 1 is 1.15 bits per heavy atom. The lowest BCUT2D eigenvalue weighted by molar-refractivity contribution is -0.132. The fourth-order valence-electron chi connectivity index (χ4n) is 3.60. The van der Waals surface area contributed by atoms with Crippen molar-refractivity contribution in [3.63, 3.8) is 0 Å². The van der Waals surface area contributed by atoms with Gasteiger partial charge in [-0.15, -0.1) is 0 Å². The van der Waals surface area contributed by atoms with E-state index in [1.165, 1.54) is 0 Å². The zero-order valence-electron chi connectivity index (χ0n) is 15.4. The number of ether oxygens (including phenoxy) is 2. The summed E-state index contributed by atoms with van der Waals surface area (Å²) in [7, 11) is 3.15. The highest BCUT2D eigenvalue weighted by Crippen LogP contribution is 2.39. The van der Waals surface area contributed by atoms with Gasteiger partial charge in [-0.05, 0) is 37.0 Å². The molecule has 2 aromatic carbocycles. The van der Waals surface area contributed by atoms with Crippen molar-refractivity contribution in [3.8, 4) is 11.5 Å². The van der Waals surface area contributed by atoms with Crippen LogP contribution in [0, 0.1) is 5.92 Å². The molecule has 1 aliphatic heterocycles. The van der Waals surface area contributed by atoms with Gasteiger partial charge in [0.25, 0.3) is 0 Å². The predicted molar refractivity (Wildman–Crippen MR) is 103 cm³/mol. The lowest BCUT2D eigenvalue weighted by Gasteiger charge is -2.25. The van der Waals surface area contributed by atoms with Gasteiger partial charge in [-0.25, -0.2) is 0 Å². The Morgan fingerprint density at radius 2 is 1.88 bits per heavy atom. The second-order valence-corrected chi connectivity index (χ2v) is 6.96. The number of likely N-dealkylation sites (tertiary alicyclic amines) is 1. The van der Waals surface area contributed by atoms with Gasteiger partial charge in [-0.1, -0.05) is 48.0 Å². The summed E-state index contributed by atoms with van der Waals surface area (Å²) in [6.07, 6.45) is 1.44. The van der Waals surface area contributed by atoms with Gasteiger partial charge >= 0.3 is 0 Å². The molecule has 26 heavy (non-hydrogen) atoms. The molecule has 138 valence electrons. The highest BCUT2D eigenvalue weighted by Gasteiger charge is 2.35. The lowest BCUT2D eigenvalue weighted by Crippen LogP contribution is -2.30. The molecular weight excluding hydrogens is 350 g/mol. The first kappa shape index (κ1) is 18.6. The number of benzene rings is 2. The second kappa shape index (κ2) is 8.00. The van der Waals surface area contributed by atoms with Gasteiger partial charge in [0.2, 0.25) is 5.91 Å². The van der Waals surface area contributed by atoms with Crippen molar-refractivity contribution in [2.24, 2.45) is 5.92 Å². The maximum absolute atomic E-state index is 12.9. The van der Waals surface area contributed by atoms with Crippen LogP contribution in [0.25, 0.3) is 0 Å². The Hall–Kier alpha value is -2.20. The summed E-state index contributed by atoms with van der Waals surface area (Å²) >= 11 is 6.48. The van der Waals surface area contributed by atoms with Gasteiger partial charge in [0, 0.05) is 12.5 Å². The number of nitrogens with zero attached hydrogens (tertiary/aromatic N) is 1. The van der Waals surface area contributed by atoms with Gasteiger partial charge in [-0.3, -0.25) is 4.79 Å². The second-order valence-electron chi connectivity index (χ2n) is 6.58. The summed E-state index contributed by atoms with van der Waals surface area (Å²) in [6, 6.07) is 14.0. The Bertz CT molecular complexity index is 778. The molecule has 3 rings (SSSR count). The summed E-state index contributed by atoms with van der Waals surface area (Å²) in [5.74, 6) is 1.24. The fraction of sp³-hybridized carbons (Fsp3) is 0.381. The molecule has 0 bridgehead atoms. The third-order valence-electron chi connectivity index (χ3n) is 5.13. The van der Waals surface area contributed by atoms with Gasteiger partial charge in [0.05, 0.1) is 25.3 Å². The Kier molecular flexibility index (Phi) is 5.72. The summed E-state index contributed by atoms with van der Waals surface area (Å²) in [6.45, 7) is 2.85. The van der Waals surface area contributed by atoms with Crippen molar-refractivity contribution in [3.05, 3.63) is 58.6 Å². The molecule has 0 aromatic heterocycles. The topological polar surface area (TPSA) is 38.8 Å². The smallest absolute Gasteiger partial charge is 0.226 e. The Balaban J connectivity index is 1.75. The average molecular weight is 374 g/mol. The standard InChI is InChI=1S/C21H24ClNO3/c1-14(15-7-5-4-6-8-15)23-12-11-17(21(23)24)13-16-9-10-18(25-2)20(26-3)19(16)22/h4-10,14,17H,11-13H2,1-3H3/t14-,17+/m0/s1. The van der Waals surface area contributed by atoms with E-state index < -0.39 is 0 Å². The van der Waals surface area contributed by atoms with Crippen molar-refractivity contribution < 1.29 is 14.3 Å². The zero-order chi connectivity index (χ0) is 18.7. The summed E-state index contributed by atoms with van der Waals surface area (Å²) < 4.78 is 10.6. The number of hydrogen-bond donors (Lipinski definition) is 0. The summed E-state index contributed by atoms with van der Waals surface area (Å²) in [5, 5.41) is 0.522. The van der Waals surface area contributed by atoms with E-state index in [9.17, 15) is 4.79 Å². The average Bonchev–Trinajstić information content (AvgIpc) is 3.03. The number of halogens is 1. The molecule has 0 spiro atoms. The minimum absolute atomic E-state index is 0.0586. The number of hydrogen-bond acceptors (Lipinski definition) is 3. The van der Waals surface area contributed by atoms with E-state index >= 15 is 0 Å². The molecule has 0 N–H and O–H groups in total. The minimum atomic E-state index is -0.0586. The van der Waals surface area contributed by atoms with E-state index in [1.54, 1.807) is 14.2 Å². The predicted octanol–water partition coefficient (Wildman–Crippen LogP) is 4.51. The maximum atomic E-state index is 12.9. The molecule has 0 aliphatic carbocycles. The number of carbonyl (C=O) groups is 1. The number of rotatable bonds is 6. The van der Waals surface area contributed by atoms with E-state index in [-0.39, 0.29) is 17.9 Å². The third kappa shape index (κ3) is 3.51. The number of carbonyl (C=O) groups excluding carboxylic acids is 1. The summed E-state index contributed by atoms with van der Waals surface area (Å²) in [4.78, 5) is 14.9. The maximum Gasteiger partial charge on any atom is 0.226 e. The van der Waals surface area contributed by atoms with E-state index in [1.807, 2.05) is 35.2 Å². The molecule has 1 fully saturated rings. The van der Waals surface area contributed by atoms with Crippen LogP contribution in [0.2, 0.25) is 5.02 Å². The van der Waals surface area contributed by atoms with Crippen molar-refractivity contribution in [1.29, 1.82) is 0 Å². The highest BCUT2D eigenvalue weighted by atomic mass is 35.5. The lowest BCUT2D eigenvalue weighted by atomic mass is 9.97. The highest BCUT2D eigenvalue weighted by molar-refractivity contribution is 6.33. The molecule has 0 unspecified atom stereocenters. The van der Waals surface area contributed by atoms with Crippen molar-refractivity contribution in [1.82, 2.24) is 4.90 Å². The van der Waals surface area contributed by atoms with Crippen LogP contribution in [0.3, 0.4) is 0 Å². The normalized spacial score (nSPS) is 18.1. The van der Waals surface area contributed by atoms with Crippen LogP contribution in [0.4, 0.5) is 0 Å². The molecule has 0 saturated carbocycles. The minimum Gasteiger partial charge on any atom is -0.493 e. The quantitative estimate of drug-likeness (QED) is 0.747. The van der Waals surface area contributed by atoms with Crippen molar-refractivity contribution in [2.75, 3.05) is 20.8 Å². The Labute approximate surface area is 159 Å². The van der Waals surface area contributed by atoms with E-state index in [4.69, 9.17) is 21.1 Å². The van der Waals surface area contributed by atoms with E-state index in [0.717, 1.165) is 24.1 Å². The number of amides is 1. The first-order valence-corrected chi connectivity index (χ1v) is 9.19. The molecule has 0 radical (unpaired) electrons. The summed E-state index contributed by atoms with van der Waals surface area (Å²) in [5.41, 5.74) is 2.07. The van der Waals surface area contributed by atoms with E-state index in [2.05, 4.69) is 19.1 Å². The largest absolute Gasteiger partial charge is 0.493 e. The van der Waals surface area contributed by atoms with Gasteiger partial charge < -0.3 is 14.4 Å². The van der Waals surface area contributed by atoms with Crippen molar-refractivity contribution >= 4 is 17.5 Å². The van der Waals surface area contributed by atoms with Crippen LogP contribution < -0.4 is 9.47 Å². The van der Waals surface area contributed by atoms with Crippen LogP contribution in [-0.2, 0) is 11.2 Å². The zero-order valence-corrected chi connectivity index (χ0v) is 16.1. The monoisotopic (exact) mass is 373 g/mol. The molecule has 5 heteroatoms. The molecule has 1 heterocycles. The fourth-order valence-corrected chi connectivity index (χ4v) is 3.91. The molecule has 1 saturated heterocycles. The molecule has 1 amide bonds. The number of methoxy groups -OCH3 is 2. The SMILES string of the molecule is COc1ccc(C[C@H]2CCN([C@@H](C)c3ccccc3)C2=O)c(Cl)c1OC. The van der Waals surface area contributed by atoms with Crippen molar-refractivity contribution in [2.45, 2.75) is 25.8 Å². The van der Waals surface area contributed by atoms with E-state index in [0.29, 0.717) is 22.9 Å². The first-order chi connectivity index (χ1) is 12.6. The molecule has 4 nitrogen and oxygen atoms in total.